The van der Waals surface area contributed by atoms with Gasteiger partial charge in [0.05, 0.1) is 10.5 Å². The van der Waals surface area contributed by atoms with E-state index in [0.717, 1.165) is 17.0 Å². The zero-order valence-electron chi connectivity index (χ0n) is 16.3. The van der Waals surface area contributed by atoms with Crippen LogP contribution in [0.2, 0.25) is 0 Å². The molecule has 0 fully saturated rings. The Morgan fingerprint density at radius 1 is 1.00 bits per heavy atom. The van der Waals surface area contributed by atoms with Gasteiger partial charge in [-0.2, -0.15) is 0 Å². The average Bonchev–Trinajstić information content (AvgIpc) is 2.69. The predicted molar refractivity (Wildman–Crippen MR) is 115 cm³/mol. The first-order chi connectivity index (χ1) is 14.2. The Balaban J connectivity index is 1.64. The first-order valence-corrected chi connectivity index (χ1v) is 11.4. The molecule has 1 aromatic heterocycles. The summed E-state index contributed by atoms with van der Waals surface area (Å²) in [5.74, 6) is -0.677. The van der Waals surface area contributed by atoms with Crippen molar-refractivity contribution < 1.29 is 17.6 Å². The fourth-order valence-corrected chi connectivity index (χ4v) is 4.27. The second-order valence-corrected chi connectivity index (χ2v) is 9.48. The molecule has 0 aliphatic rings. The van der Waals surface area contributed by atoms with E-state index in [1.165, 1.54) is 30.1 Å². The number of carbonyl (C=O) groups excluding carboxylic acids is 1. The number of halogens is 1. The van der Waals surface area contributed by atoms with Crippen molar-refractivity contribution in [1.29, 1.82) is 0 Å². The quantitative estimate of drug-likeness (QED) is 0.566. The second-order valence-electron chi connectivity index (χ2n) is 6.70. The lowest BCUT2D eigenvalue weighted by molar-refractivity contribution is 0.0942. The van der Waals surface area contributed by atoms with E-state index in [1.807, 2.05) is 13.8 Å². The standard InChI is InChI=1S/C21H20FN3O3S2/c1-14(2)24-21(26)15-3-12-20(23-13-15)29-18-8-6-17(7-9-18)25-30(27,28)19-10-4-16(22)5-11-19/h3-14,25H,1-2H3,(H,24,26). The molecule has 1 amide bonds. The summed E-state index contributed by atoms with van der Waals surface area (Å²) < 4.78 is 40.2. The average molecular weight is 446 g/mol. The van der Waals surface area contributed by atoms with Gasteiger partial charge in [-0.25, -0.2) is 17.8 Å². The molecule has 0 aliphatic heterocycles. The van der Waals surface area contributed by atoms with Crippen molar-refractivity contribution in [1.82, 2.24) is 10.3 Å². The second kappa shape index (κ2) is 9.27. The third-order valence-corrected chi connectivity index (χ3v) is 6.23. The molecule has 1 heterocycles. The molecule has 0 unspecified atom stereocenters. The fourth-order valence-electron chi connectivity index (χ4n) is 2.46. The molecule has 2 N–H and O–H groups in total. The summed E-state index contributed by atoms with van der Waals surface area (Å²) in [5, 5.41) is 3.51. The van der Waals surface area contributed by atoms with Crippen LogP contribution in [0.3, 0.4) is 0 Å². The predicted octanol–water partition coefficient (Wildman–Crippen LogP) is 4.31. The molecule has 0 spiro atoms. The summed E-state index contributed by atoms with van der Waals surface area (Å²) in [5.41, 5.74) is 0.871. The highest BCUT2D eigenvalue weighted by Crippen LogP contribution is 2.27. The Bertz CT molecular complexity index is 1120. The molecule has 3 rings (SSSR count). The van der Waals surface area contributed by atoms with Gasteiger partial charge in [0.1, 0.15) is 10.8 Å². The van der Waals surface area contributed by atoms with Gasteiger partial charge in [-0.3, -0.25) is 9.52 Å². The molecule has 2 aromatic carbocycles. The summed E-state index contributed by atoms with van der Waals surface area (Å²) in [6, 6.07) is 14.9. The summed E-state index contributed by atoms with van der Waals surface area (Å²) in [6.45, 7) is 3.78. The Morgan fingerprint density at radius 3 is 2.23 bits per heavy atom. The number of hydrogen-bond donors (Lipinski definition) is 2. The van der Waals surface area contributed by atoms with E-state index in [9.17, 15) is 17.6 Å². The zero-order valence-corrected chi connectivity index (χ0v) is 17.9. The highest BCUT2D eigenvalue weighted by Gasteiger charge is 2.14. The highest BCUT2D eigenvalue weighted by atomic mass is 32.2. The zero-order chi connectivity index (χ0) is 21.7. The van der Waals surface area contributed by atoms with Gasteiger partial charge in [0.2, 0.25) is 0 Å². The monoisotopic (exact) mass is 445 g/mol. The largest absolute Gasteiger partial charge is 0.350 e. The minimum absolute atomic E-state index is 0.0202. The van der Waals surface area contributed by atoms with E-state index >= 15 is 0 Å². The molecule has 0 radical (unpaired) electrons. The van der Waals surface area contributed by atoms with Crippen LogP contribution in [-0.2, 0) is 10.0 Å². The maximum Gasteiger partial charge on any atom is 0.261 e. The SMILES string of the molecule is CC(C)NC(=O)c1ccc(Sc2ccc(NS(=O)(=O)c3ccc(F)cc3)cc2)nc1. The fraction of sp³-hybridized carbons (Fsp3) is 0.143. The lowest BCUT2D eigenvalue weighted by Crippen LogP contribution is -2.30. The number of amides is 1. The van der Waals surface area contributed by atoms with Crippen LogP contribution in [0.4, 0.5) is 10.1 Å². The number of sulfonamides is 1. The first kappa shape index (κ1) is 21.8. The lowest BCUT2D eigenvalue weighted by atomic mass is 10.2. The summed E-state index contributed by atoms with van der Waals surface area (Å²) in [7, 11) is -3.80. The minimum atomic E-state index is -3.80. The number of anilines is 1. The van der Waals surface area contributed by atoms with Crippen molar-refractivity contribution >= 4 is 33.4 Å². The summed E-state index contributed by atoms with van der Waals surface area (Å²) in [4.78, 5) is 17.1. The van der Waals surface area contributed by atoms with Gasteiger partial charge in [-0.1, -0.05) is 11.8 Å². The highest BCUT2D eigenvalue weighted by molar-refractivity contribution is 7.99. The lowest BCUT2D eigenvalue weighted by Gasteiger charge is -2.09. The van der Waals surface area contributed by atoms with Crippen molar-refractivity contribution in [3.8, 4) is 0 Å². The molecule has 0 aliphatic carbocycles. The Kier molecular flexibility index (Phi) is 6.73. The van der Waals surface area contributed by atoms with Gasteiger partial charge in [0.15, 0.2) is 0 Å². The Hall–Kier alpha value is -2.91. The molecule has 3 aromatic rings. The van der Waals surface area contributed by atoms with E-state index in [-0.39, 0.29) is 16.8 Å². The van der Waals surface area contributed by atoms with Crippen molar-refractivity contribution in [3.05, 3.63) is 78.2 Å². The van der Waals surface area contributed by atoms with Crippen molar-refractivity contribution in [2.24, 2.45) is 0 Å². The number of pyridine rings is 1. The molecule has 9 heteroatoms. The Labute approximate surface area is 179 Å². The minimum Gasteiger partial charge on any atom is -0.350 e. The number of nitrogens with one attached hydrogen (secondary N) is 2. The van der Waals surface area contributed by atoms with Crippen molar-refractivity contribution in [2.75, 3.05) is 4.72 Å². The molecule has 30 heavy (non-hydrogen) atoms. The summed E-state index contributed by atoms with van der Waals surface area (Å²) in [6.07, 6.45) is 1.52. The van der Waals surface area contributed by atoms with E-state index < -0.39 is 15.8 Å². The van der Waals surface area contributed by atoms with Gasteiger partial charge < -0.3 is 5.32 Å². The third-order valence-electron chi connectivity index (χ3n) is 3.87. The van der Waals surface area contributed by atoms with Crippen LogP contribution >= 0.6 is 11.8 Å². The van der Waals surface area contributed by atoms with Gasteiger partial charge >= 0.3 is 0 Å². The van der Waals surface area contributed by atoms with Crippen LogP contribution in [0.1, 0.15) is 24.2 Å². The van der Waals surface area contributed by atoms with Crippen LogP contribution < -0.4 is 10.0 Å². The summed E-state index contributed by atoms with van der Waals surface area (Å²) >= 11 is 1.38. The van der Waals surface area contributed by atoms with Crippen LogP contribution in [0, 0.1) is 5.82 Å². The maximum atomic E-state index is 13.0. The van der Waals surface area contributed by atoms with Crippen LogP contribution in [0.15, 0.2) is 81.7 Å². The van der Waals surface area contributed by atoms with Crippen molar-refractivity contribution in [3.63, 3.8) is 0 Å². The molecule has 6 nitrogen and oxygen atoms in total. The van der Waals surface area contributed by atoms with E-state index in [4.69, 9.17) is 0 Å². The van der Waals surface area contributed by atoms with Gasteiger partial charge in [0.25, 0.3) is 15.9 Å². The molecule has 0 saturated carbocycles. The van der Waals surface area contributed by atoms with Crippen LogP contribution in [0.5, 0.6) is 0 Å². The Morgan fingerprint density at radius 2 is 1.67 bits per heavy atom. The molecule has 156 valence electrons. The van der Waals surface area contributed by atoms with Crippen molar-refractivity contribution in [2.45, 2.75) is 34.7 Å². The number of carbonyl (C=O) groups is 1. The molecule has 0 saturated heterocycles. The van der Waals surface area contributed by atoms with E-state index in [1.54, 1.807) is 36.4 Å². The van der Waals surface area contributed by atoms with E-state index in [2.05, 4.69) is 15.0 Å². The third kappa shape index (κ3) is 5.80. The number of rotatable bonds is 7. The van der Waals surface area contributed by atoms with E-state index in [0.29, 0.717) is 16.3 Å². The van der Waals surface area contributed by atoms with Gasteiger partial charge in [-0.05, 0) is 74.5 Å². The number of hydrogen-bond acceptors (Lipinski definition) is 5. The normalized spacial score (nSPS) is 11.3. The van der Waals surface area contributed by atoms with Gasteiger partial charge in [-0.15, -0.1) is 0 Å². The van der Waals surface area contributed by atoms with Gasteiger partial charge in [0, 0.05) is 22.8 Å². The topological polar surface area (TPSA) is 88.2 Å². The number of aromatic nitrogens is 1. The number of nitrogens with zero attached hydrogens (tertiary/aromatic N) is 1. The smallest absolute Gasteiger partial charge is 0.261 e. The van der Waals surface area contributed by atoms with Crippen LogP contribution in [0.25, 0.3) is 0 Å². The molecular formula is C21H20FN3O3S2. The van der Waals surface area contributed by atoms with Crippen LogP contribution in [-0.4, -0.2) is 25.4 Å². The maximum absolute atomic E-state index is 13.0. The molecule has 0 bridgehead atoms. The number of benzene rings is 2. The molecular weight excluding hydrogens is 425 g/mol. The molecule has 0 atom stereocenters. The first-order valence-electron chi connectivity index (χ1n) is 9.06.